The summed E-state index contributed by atoms with van der Waals surface area (Å²) in [5.41, 5.74) is 1.06. The highest BCUT2D eigenvalue weighted by Gasteiger charge is 2.41. The molecule has 5 N–H and O–H groups in total. The summed E-state index contributed by atoms with van der Waals surface area (Å²) in [4.78, 5) is 67.1. The Bertz CT molecular complexity index is 1360. The standard InChI is InChI=1S/C35H49N5O7/c1-22(2)28(38-30(42)23(3)36-34(46)47-21-25-16-11-8-12-17-25)32(44)37-26(20-24-14-9-7-10-15-24)29(41)33(45)40-19-13-18-27(40)31(43)39-35(4,5)6/h7-12,14-17,22-23,26-29,41H,13,18-21H2,1-6H3,(H,36,46)(H,37,44)(H,38,42)(H,39,43)/t23-,26-,27-,28-,29-/m0/s1. The van der Waals surface area contributed by atoms with Gasteiger partial charge in [0.25, 0.3) is 5.91 Å². The molecule has 12 nitrogen and oxygen atoms in total. The highest BCUT2D eigenvalue weighted by atomic mass is 16.5. The van der Waals surface area contributed by atoms with E-state index >= 15 is 0 Å². The Hall–Kier alpha value is -4.45. The molecule has 0 spiro atoms. The Morgan fingerprint density at radius 3 is 2.04 bits per heavy atom. The second-order valence-corrected chi connectivity index (χ2v) is 13.3. The molecule has 2 aromatic carbocycles. The number of ether oxygens (including phenoxy) is 1. The first-order chi connectivity index (χ1) is 22.2. The minimum absolute atomic E-state index is 0.0291. The van der Waals surface area contributed by atoms with Gasteiger partial charge >= 0.3 is 6.09 Å². The molecular weight excluding hydrogens is 602 g/mol. The summed E-state index contributed by atoms with van der Waals surface area (Å²) in [7, 11) is 0. The zero-order chi connectivity index (χ0) is 34.7. The van der Waals surface area contributed by atoms with Crippen LogP contribution in [0.5, 0.6) is 0 Å². The van der Waals surface area contributed by atoms with Crippen LogP contribution in [-0.2, 0) is 36.9 Å². The largest absolute Gasteiger partial charge is 0.445 e. The minimum Gasteiger partial charge on any atom is -0.445 e. The summed E-state index contributed by atoms with van der Waals surface area (Å²) in [6.45, 7) is 10.8. The summed E-state index contributed by atoms with van der Waals surface area (Å²) in [5, 5.41) is 22.3. The summed E-state index contributed by atoms with van der Waals surface area (Å²) in [6, 6.07) is 14.3. The van der Waals surface area contributed by atoms with Gasteiger partial charge in [-0.15, -0.1) is 0 Å². The average Bonchev–Trinajstić information content (AvgIpc) is 3.52. The molecule has 2 aromatic rings. The van der Waals surface area contributed by atoms with Crippen molar-refractivity contribution < 1.29 is 33.8 Å². The topological polar surface area (TPSA) is 166 Å². The molecule has 0 unspecified atom stereocenters. The normalized spacial score (nSPS) is 17.2. The molecule has 1 aliphatic rings. The first kappa shape index (κ1) is 37.0. The van der Waals surface area contributed by atoms with Crippen molar-refractivity contribution in [3.05, 3.63) is 71.8 Å². The number of hydrogen-bond donors (Lipinski definition) is 5. The average molecular weight is 652 g/mol. The number of amides is 5. The molecule has 12 heteroatoms. The van der Waals surface area contributed by atoms with Crippen LogP contribution in [0.2, 0.25) is 0 Å². The van der Waals surface area contributed by atoms with E-state index < -0.39 is 59.6 Å². The van der Waals surface area contributed by atoms with Crippen LogP contribution < -0.4 is 21.3 Å². The highest BCUT2D eigenvalue weighted by molar-refractivity contribution is 5.93. The maximum Gasteiger partial charge on any atom is 0.408 e. The number of carbonyl (C=O) groups excluding carboxylic acids is 5. The number of likely N-dealkylation sites (tertiary alicyclic amines) is 1. The van der Waals surface area contributed by atoms with Gasteiger partial charge in [0, 0.05) is 12.1 Å². The number of carbonyl (C=O) groups is 5. The molecule has 47 heavy (non-hydrogen) atoms. The van der Waals surface area contributed by atoms with Crippen LogP contribution in [0.4, 0.5) is 4.79 Å². The summed E-state index contributed by atoms with van der Waals surface area (Å²) in [5.74, 6) is -2.56. The lowest BCUT2D eigenvalue weighted by molar-refractivity contribution is -0.147. The second-order valence-electron chi connectivity index (χ2n) is 13.3. The molecule has 0 bridgehead atoms. The van der Waals surface area contributed by atoms with E-state index in [1.807, 2.05) is 69.3 Å². The molecule has 256 valence electrons. The van der Waals surface area contributed by atoms with Gasteiger partial charge in [0.1, 0.15) is 24.7 Å². The number of alkyl carbamates (subject to hydrolysis) is 1. The lowest BCUT2D eigenvalue weighted by Crippen LogP contribution is -2.60. The number of rotatable bonds is 13. The van der Waals surface area contributed by atoms with E-state index in [9.17, 15) is 29.1 Å². The molecule has 3 rings (SSSR count). The predicted molar refractivity (Wildman–Crippen MR) is 177 cm³/mol. The number of nitrogens with one attached hydrogen (secondary N) is 4. The zero-order valence-electron chi connectivity index (χ0n) is 28.1. The zero-order valence-corrected chi connectivity index (χ0v) is 28.1. The number of aliphatic hydroxyl groups excluding tert-OH is 1. The third-order valence-corrected chi connectivity index (χ3v) is 7.78. The van der Waals surface area contributed by atoms with Crippen molar-refractivity contribution in [3.8, 4) is 0 Å². The molecule has 1 heterocycles. The Morgan fingerprint density at radius 1 is 0.872 bits per heavy atom. The fraction of sp³-hybridized carbons (Fsp3) is 0.514. The van der Waals surface area contributed by atoms with Crippen molar-refractivity contribution in [2.45, 2.75) is 103 Å². The monoisotopic (exact) mass is 651 g/mol. The third-order valence-electron chi connectivity index (χ3n) is 7.78. The van der Waals surface area contributed by atoms with E-state index in [0.717, 1.165) is 11.1 Å². The predicted octanol–water partition coefficient (Wildman–Crippen LogP) is 2.44. The Labute approximate surface area is 277 Å². The van der Waals surface area contributed by atoms with Gasteiger partial charge in [-0.25, -0.2) is 4.79 Å². The van der Waals surface area contributed by atoms with E-state index in [0.29, 0.717) is 19.4 Å². The lowest BCUT2D eigenvalue weighted by Gasteiger charge is -2.33. The first-order valence-electron chi connectivity index (χ1n) is 16.1. The van der Waals surface area contributed by atoms with Gasteiger partial charge in [-0.3, -0.25) is 19.2 Å². The number of aliphatic hydroxyl groups is 1. The fourth-order valence-electron chi connectivity index (χ4n) is 5.30. The van der Waals surface area contributed by atoms with E-state index in [2.05, 4.69) is 21.3 Å². The molecular formula is C35H49N5O7. The van der Waals surface area contributed by atoms with Crippen molar-refractivity contribution >= 4 is 29.7 Å². The molecule has 1 aliphatic heterocycles. The first-order valence-corrected chi connectivity index (χ1v) is 16.1. The van der Waals surface area contributed by atoms with Crippen LogP contribution in [0.3, 0.4) is 0 Å². The maximum atomic E-state index is 13.7. The van der Waals surface area contributed by atoms with E-state index in [1.165, 1.54) is 11.8 Å². The molecule has 1 saturated heterocycles. The van der Waals surface area contributed by atoms with Crippen LogP contribution in [0.15, 0.2) is 60.7 Å². The molecule has 5 amide bonds. The Morgan fingerprint density at radius 2 is 1.47 bits per heavy atom. The van der Waals surface area contributed by atoms with Gasteiger partial charge in [0.05, 0.1) is 6.04 Å². The summed E-state index contributed by atoms with van der Waals surface area (Å²) >= 11 is 0. The number of benzene rings is 2. The van der Waals surface area contributed by atoms with E-state index in [1.54, 1.807) is 26.0 Å². The fourth-order valence-corrected chi connectivity index (χ4v) is 5.30. The molecule has 1 fully saturated rings. The Kier molecular flexibility index (Phi) is 13.3. The van der Waals surface area contributed by atoms with Crippen LogP contribution in [0.25, 0.3) is 0 Å². The van der Waals surface area contributed by atoms with Gasteiger partial charge in [-0.2, -0.15) is 0 Å². The van der Waals surface area contributed by atoms with Crippen LogP contribution in [0, 0.1) is 5.92 Å². The van der Waals surface area contributed by atoms with Crippen molar-refractivity contribution in [2.75, 3.05) is 6.54 Å². The molecule has 0 radical (unpaired) electrons. The van der Waals surface area contributed by atoms with Gasteiger partial charge in [0.2, 0.25) is 17.7 Å². The van der Waals surface area contributed by atoms with Crippen molar-refractivity contribution in [1.82, 2.24) is 26.2 Å². The van der Waals surface area contributed by atoms with Crippen molar-refractivity contribution in [2.24, 2.45) is 5.92 Å². The van der Waals surface area contributed by atoms with Gasteiger partial charge in [0.15, 0.2) is 6.10 Å². The van der Waals surface area contributed by atoms with Crippen LogP contribution >= 0.6 is 0 Å². The van der Waals surface area contributed by atoms with Crippen molar-refractivity contribution in [1.29, 1.82) is 0 Å². The Balaban J connectivity index is 1.70. The smallest absolute Gasteiger partial charge is 0.408 e. The number of nitrogens with zero attached hydrogens (tertiary/aromatic N) is 1. The van der Waals surface area contributed by atoms with Gasteiger partial charge in [-0.1, -0.05) is 74.5 Å². The quantitative estimate of drug-likeness (QED) is 0.222. The van der Waals surface area contributed by atoms with E-state index in [-0.39, 0.29) is 24.9 Å². The van der Waals surface area contributed by atoms with Crippen molar-refractivity contribution in [3.63, 3.8) is 0 Å². The maximum absolute atomic E-state index is 13.7. The molecule has 0 aliphatic carbocycles. The molecule has 0 aromatic heterocycles. The summed E-state index contributed by atoms with van der Waals surface area (Å²) < 4.78 is 5.20. The lowest BCUT2D eigenvalue weighted by atomic mass is 9.97. The van der Waals surface area contributed by atoms with Gasteiger partial charge in [-0.05, 0) is 64.0 Å². The molecule has 0 saturated carbocycles. The SMILES string of the molecule is CC(C)[C@H](NC(=O)[C@H](C)NC(=O)OCc1ccccc1)C(=O)N[C@@H](Cc1ccccc1)[C@H](O)C(=O)N1CCC[C@H]1C(=O)NC(C)(C)C. The van der Waals surface area contributed by atoms with Gasteiger partial charge < -0.3 is 36.0 Å². The highest BCUT2D eigenvalue weighted by Crippen LogP contribution is 2.21. The van der Waals surface area contributed by atoms with Crippen LogP contribution in [0.1, 0.15) is 65.5 Å². The summed E-state index contributed by atoms with van der Waals surface area (Å²) in [6.07, 6.45) is -1.27. The third kappa shape index (κ3) is 11.4. The van der Waals surface area contributed by atoms with E-state index in [4.69, 9.17) is 4.74 Å². The second kappa shape index (κ2) is 16.9. The number of hydrogen-bond acceptors (Lipinski definition) is 7. The minimum atomic E-state index is -1.66. The van der Waals surface area contributed by atoms with Crippen LogP contribution in [-0.4, -0.2) is 82.1 Å². The molecule has 5 atom stereocenters.